The summed E-state index contributed by atoms with van der Waals surface area (Å²) in [7, 11) is 0. The van der Waals surface area contributed by atoms with Gasteiger partial charge in [0.05, 0.1) is 0 Å². The summed E-state index contributed by atoms with van der Waals surface area (Å²) in [5, 5.41) is 1.39. The second-order valence-electron chi connectivity index (χ2n) is 6.69. The van der Waals surface area contributed by atoms with Gasteiger partial charge in [-0.1, -0.05) is 45.9 Å². The van der Waals surface area contributed by atoms with Crippen LogP contribution in [0.1, 0.15) is 38.1 Å². The monoisotopic (exact) mass is 304 g/mol. The van der Waals surface area contributed by atoms with E-state index in [1.807, 2.05) is 11.3 Å². The number of rotatable bonds is 7. The maximum atomic E-state index is 5.98. The maximum Gasteiger partial charge on any atom is 0.0349 e. The summed E-state index contributed by atoms with van der Waals surface area (Å²) in [5.74, 6) is 1.38. The number of fused-ring (bicyclic) bond motifs is 1. The largest absolute Gasteiger partial charge is 0.326 e. The number of hydrogen-bond acceptors (Lipinski definition) is 3. The molecular weight excluding hydrogens is 276 g/mol. The average Bonchev–Trinajstić information content (AvgIpc) is 2.75. The van der Waals surface area contributed by atoms with Crippen LogP contribution in [-0.4, -0.2) is 18.0 Å². The Balaban J connectivity index is 2.30. The Hall–Kier alpha value is -0.900. The van der Waals surface area contributed by atoms with E-state index in [4.69, 9.17) is 5.73 Å². The van der Waals surface area contributed by atoms with Crippen molar-refractivity contribution >= 4 is 21.4 Å². The van der Waals surface area contributed by atoms with E-state index in [0.29, 0.717) is 18.4 Å². The molecule has 2 nitrogen and oxygen atoms in total. The summed E-state index contributed by atoms with van der Waals surface area (Å²) in [6, 6.07) is 8.69. The topological polar surface area (TPSA) is 29.3 Å². The van der Waals surface area contributed by atoms with E-state index in [2.05, 4.69) is 56.9 Å². The molecule has 116 valence electrons. The lowest BCUT2D eigenvalue weighted by Crippen LogP contribution is -2.31. The fraction of sp³-hybridized carbons (Fsp3) is 0.556. The van der Waals surface area contributed by atoms with E-state index in [1.54, 1.807) is 0 Å². The Morgan fingerprint density at radius 2 is 1.67 bits per heavy atom. The molecular formula is C18H28N2S. The Labute approximate surface area is 133 Å². The molecule has 0 saturated carbocycles. The van der Waals surface area contributed by atoms with Gasteiger partial charge in [0.1, 0.15) is 0 Å². The molecule has 0 aliphatic heterocycles. The second-order valence-corrected chi connectivity index (χ2v) is 7.82. The van der Waals surface area contributed by atoms with E-state index in [0.717, 1.165) is 19.6 Å². The van der Waals surface area contributed by atoms with Gasteiger partial charge in [-0.25, -0.2) is 0 Å². The van der Waals surface area contributed by atoms with Crippen LogP contribution >= 0.6 is 11.3 Å². The first-order valence-electron chi connectivity index (χ1n) is 7.93. The smallest absolute Gasteiger partial charge is 0.0349 e. The minimum atomic E-state index is 0.645. The summed E-state index contributed by atoms with van der Waals surface area (Å²) in [5.41, 5.74) is 7.43. The van der Waals surface area contributed by atoms with Crippen molar-refractivity contribution in [1.82, 2.24) is 4.90 Å². The minimum Gasteiger partial charge on any atom is -0.326 e. The molecule has 0 fully saturated rings. The number of thiophene rings is 1. The SMILES string of the molecule is CC(C)CN(Cc1c(CN)sc2ccccc12)CC(C)C. The predicted octanol–water partition coefficient (Wildman–Crippen LogP) is 4.47. The van der Waals surface area contributed by atoms with Gasteiger partial charge in [-0.2, -0.15) is 0 Å². The Bertz CT molecular complexity index is 562. The van der Waals surface area contributed by atoms with E-state index in [-0.39, 0.29) is 0 Å². The van der Waals surface area contributed by atoms with Crippen LogP contribution in [0.25, 0.3) is 10.1 Å². The third-order valence-electron chi connectivity index (χ3n) is 3.60. The molecule has 0 radical (unpaired) electrons. The Kier molecular flexibility index (Phi) is 5.80. The molecule has 1 aromatic heterocycles. The summed E-state index contributed by atoms with van der Waals surface area (Å²) in [6.07, 6.45) is 0. The molecule has 0 spiro atoms. The van der Waals surface area contributed by atoms with Gasteiger partial charge in [-0.05, 0) is 28.9 Å². The molecule has 2 rings (SSSR count). The molecule has 1 aromatic carbocycles. The van der Waals surface area contributed by atoms with Crippen LogP contribution in [0, 0.1) is 11.8 Å². The van der Waals surface area contributed by atoms with Crippen LogP contribution in [0.3, 0.4) is 0 Å². The average molecular weight is 305 g/mol. The van der Waals surface area contributed by atoms with Crippen molar-refractivity contribution in [3.05, 3.63) is 34.7 Å². The van der Waals surface area contributed by atoms with Crippen LogP contribution in [0.4, 0.5) is 0 Å². The van der Waals surface area contributed by atoms with Crippen molar-refractivity contribution in [3.63, 3.8) is 0 Å². The lowest BCUT2D eigenvalue weighted by atomic mass is 10.1. The molecule has 3 heteroatoms. The van der Waals surface area contributed by atoms with Crippen molar-refractivity contribution < 1.29 is 0 Å². The zero-order valence-electron chi connectivity index (χ0n) is 13.7. The fourth-order valence-corrected chi connectivity index (χ4v) is 4.04. The van der Waals surface area contributed by atoms with Crippen LogP contribution in [0.2, 0.25) is 0 Å². The molecule has 2 aromatic rings. The van der Waals surface area contributed by atoms with E-state index in [9.17, 15) is 0 Å². The molecule has 0 aliphatic rings. The van der Waals surface area contributed by atoms with Crippen LogP contribution in [0.5, 0.6) is 0 Å². The van der Waals surface area contributed by atoms with E-state index < -0.39 is 0 Å². The van der Waals surface area contributed by atoms with Gasteiger partial charge in [0.25, 0.3) is 0 Å². The first kappa shape index (κ1) is 16.5. The highest BCUT2D eigenvalue weighted by molar-refractivity contribution is 7.19. The molecule has 0 atom stereocenters. The number of benzene rings is 1. The van der Waals surface area contributed by atoms with Gasteiger partial charge in [0.15, 0.2) is 0 Å². The van der Waals surface area contributed by atoms with Gasteiger partial charge < -0.3 is 5.73 Å². The second kappa shape index (κ2) is 7.39. The Morgan fingerprint density at radius 3 is 2.24 bits per heavy atom. The summed E-state index contributed by atoms with van der Waals surface area (Å²) >= 11 is 1.85. The van der Waals surface area contributed by atoms with Crippen molar-refractivity contribution in [1.29, 1.82) is 0 Å². The third kappa shape index (κ3) is 4.29. The molecule has 0 aliphatic carbocycles. The van der Waals surface area contributed by atoms with Crippen molar-refractivity contribution in [2.75, 3.05) is 13.1 Å². The minimum absolute atomic E-state index is 0.645. The summed E-state index contributed by atoms with van der Waals surface area (Å²) in [4.78, 5) is 3.93. The van der Waals surface area contributed by atoms with Gasteiger partial charge in [-0.15, -0.1) is 11.3 Å². The normalized spacial score (nSPS) is 12.2. The van der Waals surface area contributed by atoms with Gasteiger partial charge in [0, 0.05) is 35.8 Å². The van der Waals surface area contributed by atoms with E-state index in [1.165, 1.54) is 20.5 Å². The summed E-state index contributed by atoms with van der Waals surface area (Å²) in [6.45, 7) is 13.1. The van der Waals surface area contributed by atoms with Gasteiger partial charge >= 0.3 is 0 Å². The summed E-state index contributed by atoms with van der Waals surface area (Å²) < 4.78 is 1.36. The predicted molar refractivity (Wildman–Crippen MR) is 94.7 cm³/mol. The van der Waals surface area contributed by atoms with Crippen LogP contribution in [-0.2, 0) is 13.1 Å². The highest BCUT2D eigenvalue weighted by Crippen LogP contribution is 2.32. The Morgan fingerprint density at radius 1 is 1.05 bits per heavy atom. The molecule has 21 heavy (non-hydrogen) atoms. The first-order chi connectivity index (χ1) is 10.0. The standard InChI is InChI=1S/C18H28N2S/c1-13(2)10-20(11-14(3)4)12-16-15-7-5-6-8-17(15)21-18(16)9-19/h5-8,13-14H,9-12,19H2,1-4H3. The lowest BCUT2D eigenvalue weighted by molar-refractivity contribution is 0.212. The number of hydrogen-bond donors (Lipinski definition) is 1. The van der Waals surface area contributed by atoms with Crippen molar-refractivity contribution in [3.8, 4) is 0 Å². The molecule has 0 amide bonds. The molecule has 0 unspecified atom stereocenters. The fourth-order valence-electron chi connectivity index (χ4n) is 2.95. The number of nitrogens with zero attached hydrogens (tertiary/aromatic N) is 1. The molecule has 2 N–H and O–H groups in total. The van der Waals surface area contributed by atoms with E-state index >= 15 is 0 Å². The van der Waals surface area contributed by atoms with Gasteiger partial charge in [-0.3, -0.25) is 4.90 Å². The number of nitrogens with two attached hydrogens (primary N) is 1. The highest BCUT2D eigenvalue weighted by atomic mass is 32.1. The zero-order valence-corrected chi connectivity index (χ0v) is 14.5. The van der Waals surface area contributed by atoms with Crippen LogP contribution in [0.15, 0.2) is 24.3 Å². The maximum absolute atomic E-state index is 5.98. The highest BCUT2D eigenvalue weighted by Gasteiger charge is 2.16. The van der Waals surface area contributed by atoms with Gasteiger partial charge in [0.2, 0.25) is 0 Å². The third-order valence-corrected chi connectivity index (χ3v) is 4.83. The van der Waals surface area contributed by atoms with Crippen molar-refractivity contribution in [2.24, 2.45) is 17.6 Å². The zero-order chi connectivity index (χ0) is 15.4. The molecule has 0 bridgehead atoms. The molecule has 1 heterocycles. The first-order valence-corrected chi connectivity index (χ1v) is 8.74. The van der Waals surface area contributed by atoms with Crippen molar-refractivity contribution in [2.45, 2.75) is 40.8 Å². The van der Waals surface area contributed by atoms with Crippen LogP contribution < -0.4 is 5.73 Å². The lowest BCUT2D eigenvalue weighted by Gasteiger charge is -2.26. The molecule has 0 saturated heterocycles. The quantitative estimate of drug-likeness (QED) is 0.817.